The third kappa shape index (κ3) is 18.0. The van der Waals surface area contributed by atoms with E-state index in [2.05, 4.69) is 47.2 Å². The summed E-state index contributed by atoms with van der Waals surface area (Å²) in [7, 11) is 0. The van der Waals surface area contributed by atoms with Crippen LogP contribution in [-0.4, -0.2) is 159 Å². The number of fused-ring (bicyclic) bond motifs is 1. The number of para-hydroxylation sites is 1. The van der Waals surface area contributed by atoms with Crippen molar-refractivity contribution in [1.82, 2.24) is 47.1 Å². The van der Waals surface area contributed by atoms with Crippen LogP contribution in [-0.2, 0) is 62.4 Å². The SMILES string of the molecule is CC[C@H](C)[C@H](NC(=O)[C@H](Cc1c[nH]c2ccccc12)NC(=O)CNC(=O)[C@H](CCCN=C(N)N)NC(=O)CNC(=O)[C@H](CO)NC(=O)[C@@H](N)Cc1ccc(O)cc1)C(=O)N1CCC[C@H]1C(=O)N[C@@H](Cc1ccccc1)C(=O)O. The van der Waals surface area contributed by atoms with E-state index < -0.39 is 121 Å². The molecule has 4 aromatic rings. The van der Waals surface area contributed by atoms with E-state index in [-0.39, 0.29) is 63.3 Å². The number of aromatic hydroxyl groups is 1. The lowest BCUT2D eigenvalue weighted by molar-refractivity contribution is -0.145. The second-order valence-electron chi connectivity index (χ2n) is 19.1. The van der Waals surface area contributed by atoms with Crippen molar-refractivity contribution < 1.29 is 58.5 Å². The van der Waals surface area contributed by atoms with Crippen molar-refractivity contribution in [3.63, 3.8) is 0 Å². The lowest BCUT2D eigenvalue weighted by Gasteiger charge is -2.32. The molecule has 25 nitrogen and oxygen atoms in total. The van der Waals surface area contributed by atoms with Gasteiger partial charge in [0.2, 0.25) is 47.3 Å². The van der Waals surface area contributed by atoms with Gasteiger partial charge in [0.15, 0.2) is 5.96 Å². The van der Waals surface area contributed by atoms with Crippen LogP contribution in [0.4, 0.5) is 0 Å². The lowest BCUT2D eigenvalue weighted by Crippen LogP contribution is -2.60. The minimum Gasteiger partial charge on any atom is -0.508 e. The maximum Gasteiger partial charge on any atom is 0.326 e. The molecule has 1 saturated heterocycles. The zero-order valence-corrected chi connectivity index (χ0v) is 43.5. The first-order chi connectivity index (χ1) is 37.3. The Morgan fingerprint density at radius 1 is 0.731 bits per heavy atom. The zero-order valence-electron chi connectivity index (χ0n) is 43.5. The average molecular weight is 1080 g/mol. The van der Waals surface area contributed by atoms with Crippen LogP contribution in [0.3, 0.4) is 0 Å². The number of aromatic amines is 1. The number of nitrogens with two attached hydrogens (primary N) is 3. The largest absolute Gasteiger partial charge is 0.508 e. The molecule has 78 heavy (non-hydrogen) atoms. The smallest absolute Gasteiger partial charge is 0.326 e. The van der Waals surface area contributed by atoms with Crippen molar-refractivity contribution >= 4 is 70.1 Å². The number of carbonyl (C=O) groups is 9. The number of carboxylic acids is 1. The standard InChI is InChI=1S/C53H71N13O12/c1-3-30(2)45(51(76)66-22-10-16-42(66)50(75)63-40(52(77)78)24-31-11-5-4-6-12-31)65-49(74)39(25-33-26-58-37-14-8-7-13-35(33)37)62-44(70)28-59-47(72)38(15-9-21-57-53(55)56)61-43(69)27-60-48(73)41(29-67)64-46(71)36(54)23-32-17-19-34(68)20-18-32/h4-8,11-14,17-20,26,30,36,38-42,45,58,67-68H,3,9-10,15-16,21-25,27-29,54H2,1-2H3,(H,59,72)(H,60,73)(H,61,69)(H,62,70)(H,63,75)(H,64,71)(H,65,74)(H,77,78)(H4,55,56,57)/t30-,36-,38-,39-,40-,41-,42-,45-/m0/s1. The quantitative estimate of drug-likeness (QED) is 0.0160. The molecule has 0 radical (unpaired) electrons. The number of aliphatic carboxylic acids is 1. The van der Waals surface area contributed by atoms with Gasteiger partial charge in [-0.2, -0.15) is 0 Å². The molecule has 25 heteroatoms. The number of hydrogen-bond acceptors (Lipinski definition) is 13. The van der Waals surface area contributed by atoms with Gasteiger partial charge >= 0.3 is 5.97 Å². The molecule has 420 valence electrons. The molecular weight excluding hydrogens is 1010 g/mol. The van der Waals surface area contributed by atoms with Crippen LogP contribution >= 0.6 is 0 Å². The van der Waals surface area contributed by atoms with Crippen molar-refractivity contribution in [2.75, 3.05) is 32.8 Å². The summed E-state index contributed by atoms with van der Waals surface area (Å²) in [5.74, 6) is -8.13. The summed E-state index contributed by atoms with van der Waals surface area (Å²) in [6.45, 7) is 1.55. The Balaban J connectivity index is 1.25. The van der Waals surface area contributed by atoms with E-state index in [0.29, 0.717) is 29.5 Å². The second-order valence-corrected chi connectivity index (χ2v) is 19.1. The molecule has 17 N–H and O–H groups in total. The molecule has 2 heterocycles. The summed E-state index contributed by atoms with van der Waals surface area (Å²) in [5.41, 5.74) is 19.6. The summed E-state index contributed by atoms with van der Waals surface area (Å²) >= 11 is 0. The molecule has 0 saturated carbocycles. The monoisotopic (exact) mass is 1080 g/mol. The normalized spacial score (nSPS) is 15.7. The first-order valence-corrected chi connectivity index (χ1v) is 25.7. The van der Waals surface area contributed by atoms with Crippen molar-refractivity contribution in [3.8, 4) is 5.75 Å². The van der Waals surface area contributed by atoms with E-state index in [9.17, 15) is 58.5 Å². The van der Waals surface area contributed by atoms with Gasteiger partial charge < -0.3 is 79.6 Å². The van der Waals surface area contributed by atoms with Gasteiger partial charge in [-0.05, 0) is 72.9 Å². The van der Waals surface area contributed by atoms with Crippen LogP contribution in [0.1, 0.15) is 62.6 Å². The number of carboxylic acid groups (broad SMARTS) is 1. The lowest BCUT2D eigenvalue weighted by atomic mass is 9.96. The van der Waals surface area contributed by atoms with E-state index in [1.54, 1.807) is 61.7 Å². The Labute approximate surface area is 450 Å². The van der Waals surface area contributed by atoms with Crippen LogP contribution in [0.15, 0.2) is 90.1 Å². The number of rotatable bonds is 29. The van der Waals surface area contributed by atoms with Gasteiger partial charge in [0.25, 0.3) is 0 Å². The summed E-state index contributed by atoms with van der Waals surface area (Å²) in [5, 5.41) is 47.9. The number of aliphatic imine (C=N–C) groups is 1. The van der Waals surface area contributed by atoms with Gasteiger partial charge in [-0.15, -0.1) is 0 Å². The number of aromatic nitrogens is 1. The van der Waals surface area contributed by atoms with Gasteiger partial charge in [0, 0.05) is 43.0 Å². The fourth-order valence-electron chi connectivity index (χ4n) is 8.76. The molecule has 0 unspecified atom stereocenters. The number of amides is 8. The number of carbonyl (C=O) groups excluding carboxylic acids is 8. The molecule has 1 aliphatic rings. The highest BCUT2D eigenvalue weighted by molar-refractivity contribution is 5.98. The van der Waals surface area contributed by atoms with Crippen molar-refractivity contribution in [1.29, 1.82) is 0 Å². The molecule has 0 aliphatic carbocycles. The molecule has 8 amide bonds. The number of aliphatic hydroxyl groups is 1. The fourth-order valence-corrected chi connectivity index (χ4v) is 8.76. The molecule has 3 aromatic carbocycles. The van der Waals surface area contributed by atoms with Crippen LogP contribution in [0.25, 0.3) is 10.9 Å². The number of hydrogen-bond donors (Lipinski definition) is 14. The van der Waals surface area contributed by atoms with Gasteiger partial charge in [-0.25, -0.2) is 4.79 Å². The van der Waals surface area contributed by atoms with Crippen LogP contribution in [0, 0.1) is 5.92 Å². The molecular formula is C53H71N13O12. The van der Waals surface area contributed by atoms with Crippen LogP contribution in [0.5, 0.6) is 5.75 Å². The molecule has 1 aliphatic heterocycles. The van der Waals surface area contributed by atoms with E-state index in [1.807, 2.05) is 25.1 Å². The van der Waals surface area contributed by atoms with Crippen molar-refractivity contribution in [2.45, 2.75) is 108 Å². The highest BCUT2D eigenvalue weighted by atomic mass is 16.4. The number of phenolic OH excluding ortho intramolecular Hbond substituents is 1. The number of phenols is 1. The summed E-state index contributed by atoms with van der Waals surface area (Å²) in [6.07, 6.45) is 2.89. The Bertz CT molecular complexity index is 2750. The number of H-pyrrole nitrogens is 1. The zero-order chi connectivity index (χ0) is 56.9. The van der Waals surface area contributed by atoms with E-state index in [0.717, 1.165) is 10.9 Å². The molecule has 1 aromatic heterocycles. The highest BCUT2D eigenvalue weighted by Gasteiger charge is 2.41. The van der Waals surface area contributed by atoms with Gasteiger partial charge in [-0.1, -0.05) is 80.9 Å². The topological polar surface area (TPSA) is 408 Å². The average Bonchev–Trinajstić information content (AvgIpc) is 4.13. The summed E-state index contributed by atoms with van der Waals surface area (Å²) in [4.78, 5) is 130. The number of benzene rings is 3. The van der Waals surface area contributed by atoms with E-state index in [4.69, 9.17) is 17.2 Å². The van der Waals surface area contributed by atoms with Crippen molar-refractivity contribution in [3.05, 3.63) is 102 Å². The Kier molecular flexibility index (Phi) is 22.9. The molecule has 5 rings (SSSR count). The van der Waals surface area contributed by atoms with Gasteiger partial charge in [0.05, 0.1) is 25.7 Å². The number of guanidine groups is 1. The molecule has 0 bridgehead atoms. The summed E-state index contributed by atoms with van der Waals surface area (Å²) < 4.78 is 0. The number of nitrogens with zero attached hydrogens (tertiary/aromatic N) is 2. The third-order valence-electron chi connectivity index (χ3n) is 13.3. The first kappa shape index (κ1) is 60.3. The maximum atomic E-state index is 14.5. The summed E-state index contributed by atoms with van der Waals surface area (Å²) in [6, 6.07) is 13.3. The minimum atomic E-state index is -1.50. The second kappa shape index (κ2) is 29.6. The van der Waals surface area contributed by atoms with Gasteiger partial charge in [0.1, 0.15) is 42.0 Å². The molecule has 8 atom stereocenters. The van der Waals surface area contributed by atoms with Crippen molar-refractivity contribution in [2.24, 2.45) is 28.1 Å². The molecule has 0 spiro atoms. The Morgan fingerprint density at radius 3 is 2.00 bits per heavy atom. The molecule has 1 fully saturated rings. The van der Waals surface area contributed by atoms with Crippen LogP contribution in [0.2, 0.25) is 0 Å². The first-order valence-electron chi connectivity index (χ1n) is 25.7. The van der Waals surface area contributed by atoms with Crippen LogP contribution < -0.4 is 54.4 Å². The fraction of sp³-hybridized carbons (Fsp3) is 0.434. The third-order valence-corrected chi connectivity index (χ3v) is 13.3. The van der Waals surface area contributed by atoms with Gasteiger partial charge in [-0.3, -0.25) is 43.3 Å². The Hall–Kier alpha value is -8.58. The Morgan fingerprint density at radius 2 is 1.36 bits per heavy atom. The van der Waals surface area contributed by atoms with E-state index in [1.165, 1.54) is 17.0 Å². The number of likely N-dealkylation sites (tertiary alicyclic amines) is 1. The maximum absolute atomic E-state index is 14.5. The predicted octanol–water partition coefficient (Wildman–Crippen LogP) is -1.95. The number of aliphatic hydroxyl groups excluding tert-OH is 1. The highest BCUT2D eigenvalue weighted by Crippen LogP contribution is 2.23. The predicted molar refractivity (Wildman–Crippen MR) is 286 cm³/mol. The number of nitrogens with one attached hydrogen (secondary N) is 8. The van der Waals surface area contributed by atoms with E-state index >= 15 is 0 Å². The minimum absolute atomic E-state index is 0.0145.